The first-order valence-corrected chi connectivity index (χ1v) is 7.95. The highest BCUT2D eigenvalue weighted by Crippen LogP contribution is 2.27. The second-order valence-electron chi connectivity index (χ2n) is 5.29. The molecule has 2 aromatic rings. The molecule has 0 aliphatic rings. The van der Waals surface area contributed by atoms with E-state index in [9.17, 15) is 14.7 Å². The number of benzene rings is 2. The highest BCUT2D eigenvalue weighted by Gasteiger charge is 2.08. The van der Waals surface area contributed by atoms with Gasteiger partial charge in [-0.3, -0.25) is 15.0 Å². The van der Waals surface area contributed by atoms with Crippen molar-refractivity contribution in [2.24, 2.45) is 0 Å². The zero-order chi connectivity index (χ0) is 19.1. The smallest absolute Gasteiger partial charge is 0.269 e. The Morgan fingerprint density at radius 2 is 1.81 bits per heavy atom. The molecule has 2 amide bonds. The molecular weight excluding hydrogens is 358 g/mol. The summed E-state index contributed by atoms with van der Waals surface area (Å²) in [5, 5.41) is 12.3. The van der Waals surface area contributed by atoms with E-state index in [0.29, 0.717) is 27.7 Å². The van der Waals surface area contributed by atoms with E-state index in [0.717, 1.165) is 0 Å². The highest BCUT2D eigenvalue weighted by molar-refractivity contribution is 6.31. The van der Waals surface area contributed by atoms with E-state index in [2.05, 4.69) is 16.2 Å². The number of hydrazine groups is 1. The van der Waals surface area contributed by atoms with Crippen molar-refractivity contribution in [3.8, 4) is 11.5 Å². The molecule has 2 rings (SSSR count). The molecule has 7 nitrogen and oxygen atoms in total. The number of aromatic hydroxyl groups is 1. The van der Waals surface area contributed by atoms with Crippen LogP contribution in [-0.4, -0.2) is 24.0 Å². The van der Waals surface area contributed by atoms with Crippen LogP contribution in [-0.2, 0) is 4.79 Å². The van der Waals surface area contributed by atoms with Crippen LogP contribution in [0.1, 0.15) is 17.3 Å². The monoisotopic (exact) mass is 375 g/mol. The molecule has 8 heteroatoms. The Kier molecular flexibility index (Phi) is 6.46. The lowest BCUT2D eigenvalue weighted by molar-refractivity contribution is -0.112. The Balaban J connectivity index is 1.94. The lowest BCUT2D eigenvalue weighted by Crippen LogP contribution is -2.36. The highest BCUT2D eigenvalue weighted by atomic mass is 35.5. The molecule has 0 spiro atoms. The van der Waals surface area contributed by atoms with Gasteiger partial charge >= 0.3 is 0 Å². The summed E-state index contributed by atoms with van der Waals surface area (Å²) in [6.45, 7) is 1.62. The van der Waals surface area contributed by atoms with Crippen LogP contribution < -0.4 is 20.9 Å². The number of phenolic OH excluding ortho intramolecular Hbond substituents is 1. The zero-order valence-electron chi connectivity index (χ0n) is 14.2. The maximum absolute atomic E-state index is 12.1. The number of nitrogens with one attached hydrogen (secondary N) is 3. The van der Waals surface area contributed by atoms with Crippen molar-refractivity contribution in [3.05, 3.63) is 64.8 Å². The van der Waals surface area contributed by atoms with Gasteiger partial charge in [0.25, 0.3) is 5.91 Å². The van der Waals surface area contributed by atoms with Gasteiger partial charge < -0.3 is 20.6 Å². The van der Waals surface area contributed by atoms with Crippen LogP contribution in [0.4, 0.5) is 5.69 Å². The summed E-state index contributed by atoms with van der Waals surface area (Å²) in [6.07, 6.45) is 1.28. The number of ether oxygens (including phenoxy) is 1. The average Bonchev–Trinajstić information content (AvgIpc) is 2.60. The van der Waals surface area contributed by atoms with Crippen LogP contribution in [0.2, 0.25) is 5.02 Å². The number of allylic oxidation sites excluding steroid dienone is 1. The molecule has 4 N–H and O–H groups in total. The number of rotatable bonds is 6. The molecule has 2 aromatic carbocycles. The van der Waals surface area contributed by atoms with Gasteiger partial charge in [0.05, 0.1) is 12.8 Å². The molecule has 0 unspecified atom stereocenters. The van der Waals surface area contributed by atoms with Gasteiger partial charge in [-0.2, -0.15) is 0 Å². The van der Waals surface area contributed by atoms with Gasteiger partial charge in [-0.1, -0.05) is 11.6 Å². The van der Waals surface area contributed by atoms with Gasteiger partial charge in [0.15, 0.2) is 0 Å². The molecule has 0 atom stereocenters. The third-order valence-electron chi connectivity index (χ3n) is 3.27. The third-order valence-corrected chi connectivity index (χ3v) is 3.50. The second kappa shape index (κ2) is 8.77. The molecule has 136 valence electrons. The van der Waals surface area contributed by atoms with Crippen LogP contribution in [0.3, 0.4) is 0 Å². The molecule has 0 aliphatic heterocycles. The Morgan fingerprint density at radius 3 is 2.46 bits per heavy atom. The van der Waals surface area contributed by atoms with E-state index in [1.807, 2.05) is 0 Å². The fourth-order valence-electron chi connectivity index (χ4n) is 2.02. The summed E-state index contributed by atoms with van der Waals surface area (Å²) in [5.41, 5.74) is 6.29. The van der Waals surface area contributed by atoms with E-state index in [1.165, 1.54) is 37.5 Å². The molecule has 0 aromatic heterocycles. The summed E-state index contributed by atoms with van der Waals surface area (Å²) < 4.78 is 5.16. The quantitative estimate of drug-likeness (QED) is 0.459. The molecule has 0 saturated heterocycles. The second-order valence-corrected chi connectivity index (χ2v) is 5.72. The zero-order valence-corrected chi connectivity index (χ0v) is 14.9. The number of halogens is 1. The maximum atomic E-state index is 12.1. The van der Waals surface area contributed by atoms with Crippen LogP contribution >= 0.6 is 11.6 Å². The van der Waals surface area contributed by atoms with Crippen molar-refractivity contribution in [2.45, 2.75) is 6.92 Å². The van der Waals surface area contributed by atoms with E-state index in [4.69, 9.17) is 16.3 Å². The molecule has 26 heavy (non-hydrogen) atoms. The lowest BCUT2D eigenvalue weighted by atomic mass is 10.2. The minimum Gasteiger partial charge on any atom is -0.508 e. The van der Waals surface area contributed by atoms with E-state index in [1.54, 1.807) is 25.1 Å². The minimum absolute atomic E-state index is 0.0682. The first kappa shape index (κ1) is 19.1. The number of phenols is 1. The lowest BCUT2D eigenvalue weighted by Gasteiger charge is -2.11. The first-order chi connectivity index (χ1) is 12.4. The number of amides is 2. The molecule has 0 fully saturated rings. The van der Waals surface area contributed by atoms with E-state index >= 15 is 0 Å². The predicted molar refractivity (Wildman–Crippen MR) is 99.1 cm³/mol. The number of anilines is 1. The van der Waals surface area contributed by atoms with Crippen molar-refractivity contribution in [1.82, 2.24) is 10.9 Å². The largest absolute Gasteiger partial charge is 0.508 e. The summed E-state index contributed by atoms with van der Waals surface area (Å²) in [4.78, 5) is 24.0. The first-order valence-electron chi connectivity index (χ1n) is 7.57. The van der Waals surface area contributed by atoms with Crippen molar-refractivity contribution >= 4 is 29.1 Å². The van der Waals surface area contributed by atoms with Gasteiger partial charge in [0.2, 0.25) is 5.91 Å². The molecule has 0 heterocycles. The van der Waals surface area contributed by atoms with Gasteiger partial charge in [0, 0.05) is 22.4 Å². The molecule has 0 aliphatic carbocycles. The number of hydrogen-bond donors (Lipinski definition) is 4. The summed E-state index contributed by atoms with van der Waals surface area (Å²) in [5.74, 6) is -0.287. The van der Waals surface area contributed by atoms with Crippen molar-refractivity contribution < 1.29 is 19.4 Å². The summed E-state index contributed by atoms with van der Waals surface area (Å²) in [6, 6.07) is 10.6. The van der Waals surface area contributed by atoms with Gasteiger partial charge in [-0.05, 0) is 49.4 Å². The van der Waals surface area contributed by atoms with Gasteiger partial charge in [0.1, 0.15) is 11.5 Å². The number of carbonyl (C=O) groups excluding carboxylic acids is 2. The Bertz CT molecular complexity index is 835. The van der Waals surface area contributed by atoms with Crippen LogP contribution in [0.15, 0.2) is 54.2 Å². The third kappa shape index (κ3) is 5.42. The Labute approximate surface area is 155 Å². The molecule has 0 radical (unpaired) electrons. The number of carbonyl (C=O) groups is 2. The maximum Gasteiger partial charge on any atom is 0.269 e. The van der Waals surface area contributed by atoms with E-state index < -0.39 is 11.8 Å². The number of hydrogen-bond acceptors (Lipinski definition) is 5. The minimum atomic E-state index is -0.422. The van der Waals surface area contributed by atoms with Gasteiger partial charge in [-0.25, -0.2) is 0 Å². The van der Waals surface area contributed by atoms with Crippen molar-refractivity contribution in [3.63, 3.8) is 0 Å². The topological polar surface area (TPSA) is 99.7 Å². The SMILES string of the molecule is COc1ccc(Cl)cc1NC(=O)/C=C(/C)NNC(=O)c1ccc(O)cc1. The van der Waals surface area contributed by atoms with Crippen LogP contribution in [0.5, 0.6) is 11.5 Å². The molecule has 0 bridgehead atoms. The van der Waals surface area contributed by atoms with E-state index in [-0.39, 0.29) is 5.75 Å². The average molecular weight is 376 g/mol. The van der Waals surface area contributed by atoms with Crippen molar-refractivity contribution in [1.29, 1.82) is 0 Å². The number of methoxy groups -OCH3 is 1. The Hall–Kier alpha value is -3.19. The van der Waals surface area contributed by atoms with Crippen LogP contribution in [0, 0.1) is 0 Å². The van der Waals surface area contributed by atoms with Gasteiger partial charge in [-0.15, -0.1) is 0 Å². The fourth-order valence-corrected chi connectivity index (χ4v) is 2.19. The standard InChI is InChI=1S/C18H18ClN3O4/c1-11(21-22-18(25)12-3-6-14(23)7-4-12)9-17(24)20-15-10-13(19)5-8-16(15)26-2/h3-10,21,23H,1-2H3,(H,20,24)(H,22,25)/b11-9-. The summed E-state index contributed by atoms with van der Waals surface area (Å²) in [7, 11) is 1.49. The normalized spacial score (nSPS) is 10.8. The molecule has 0 saturated carbocycles. The van der Waals surface area contributed by atoms with Crippen LogP contribution in [0.25, 0.3) is 0 Å². The fraction of sp³-hybridized carbons (Fsp3) is 0.111. The van der Waals surface area contributed by atoms with Crippen molar-refractivity contribution in [2.75, 3.05) is 12.4 Å². The summed E-state index contributed by atoms with van der Waals surface area (Å²) >= 11 is 5.92. The molecular formula is C18H18ClN3O4. The Morgan fingerprint density at radius 1 is 1.12 bits per heavy atom. The predicted octanol–water partition coefficient (Wildman–Crippen LogP) is 2.83.